The zero-order chi connectivity index (χ0) is 39.1. The van der Waals surface area contributed by atoms with E-state index in [1.807, 2.05) is 0 Å². The molecule has 58 heavy (non-hydrogen) atoms. The average molecular weight is 745 g/mol. The molecule has 0 N–H and O–H groups in total. The largest absolute Gasteiger partial charge is 0.341 e. The number of benzene rings is 9. The van der Waals surface area contributed by atoms with Crippen molar-refractivity contribution < 1.29 is 0 Å². The van der Waals surface area contributed by atoms with Crippen molar-refractivity contribution in [2.45, 2.75) is 40.8 Å². The molecule has 0 aliphatic rings. The van der Waals surface area contributed by atoms with Crippen LogP contribution in [0, 0.1) is 13.8 Å². The van der Waals surface area contributed by atoms with Crippen molar-refractivity contribution in [1.82, 2.24) is 9.13 Å². The summed E-state index contributed by atoms with van der Waals surface area (Å²) in [5, 5.41) is 10.4. The van der Waals surface area contributed by atoms with Crippen molar-refractivity contribution >= 4 is 65.2 Å². The average Bonchev–Trinajstić information content (AvgIpc) is 3.77. The molecule has 2 aromatic heterocycles. The monoisotopic (exact) mass is 744 g/mol. The summed E-state index contributed by atoms with van der Waals surface area (Å²) in [6.45, 7) is 10.8. The van der Waals surface area contributed by atoms with Gasteiger partial charge in [0.15, 0.2) is 0 Å². The van der Waals surface area contributed by atoms with Gasteiger partial charge in [-0.3, -0.25) is 0 Å². The van der Waals surface area contributed by atoms with E-state index < -0.39 is 0 Å². The minimum Gasteiger partial charge on any atom is -0.341 e. The molecule has 2 heteroatoms. The fourth-order valence-electron chi connectivity index (χ4n) is 9.87. The molecule has 278 valence electrons. The Hall–Kier alpha value is -6.90. The maximum atomic E-state index is 2.42. The van der Waals surface area contributed by atoms with Crippen LogP contribution in [0.15, 0.2) is 170 Å². The maximum Gasteiger partial charge on any atom is 0.0491 e. The third kappa shape index (κ3) is 5.18. The van der Waals surface area contributed by atoms with Gasteiger partial charge in [0.1, 0.15) is 0 Å². The first-order valence-corrected chi connectivity index (χ1v) is 20.7. The fourth-order valence-corrected chi connectivity index (χ4v) is 9.87. The second-order valence-electron chi connectivity index (χ2n) is 15.9. The molecule has 2 nitrogen and oxygen atoms in total. The lowest BCUT2D eigenvalue weighted by Crippen LogP contribution is -1.93. The van der Waals surface area contributed by atoms with Crippen LogP contribution in [0.1, 0.15) is 25.0 Å². The molecule has 0 radical (unpaired) electrons. The van der Waals surface area contributed by atoms with E-state index in [2.05, 4.69) is 207 Å². The molecular formula is C56H44N2. The lowest BCUT2D eigenvalue weighted by Gasteiger charge is -2.19. The second kappa shape index (κ2) is 13.4. The van der Waals surface area contributed by atoms with Crippen molar-refractivity contribution in [2.24, 2.45) is 0 Å². The maximum absolute atomic E-state index is 2.42. The van der Waals surface area contributed by atoms with Gasteiger partial charge >= 0.3 is 0 Å². The Morgan fingerprint density at radius 1 is 0.293 bits per heavy atom. The highest BCUT2D eigenvalue weighted by Crippen LogP contribution is 2.45. The van der Waals surface area contributed by atoms with Gasteiger partial charge in [0.25, 0.3) is 0 Å². The molecule has 0 saturated carbocycles. The summed E-state index contributed by atoms with van der Waals surface area (Å²) in [7, 11) is 0. The third-order valence-electron chi connectivity index (χ3n) is 12.8. The number of aryl methyl sites for hydroxylation is 4. The van der Waals surface area contributed by atoms with Crippen LogP contribution >= 0.6 is 0 Å². The van der Waals surface area contributed by atoms with Crippen LogP contribution in [0.3, 0.4) is 0 Å². The molecule has 0 bridgehead atoms. The van der Waals surface area contributed by atoms with Crippen molar-refractivity contribution in [2.75, 3.05) is 0 Å². The predicted molar refractivity (Wildman–Crippen MR) is 250 cm³/mol. The van der Waals surface area contributed by atoms with E-state index in [1.165, 1.54) is 121 Å². The molecule has 0 fully saturated rings. The van der Waals surface area contributed by atoms with Gasteiger partial charge < -0.3 is 9.13 Å². The Bertz CT molecular complexity index is 3180. The molecule has 9 aromatic carbocycles. The van der Waals surface area contributed by atoms with Crippen LogP contribution in [-0.2, 0) is 13.1 Å². The first-order valence-electron chi connectivity index (χ1n) is 20.7. The number of aromatic nitrogens is 2. The quantitative estimate of drug-likeness (QED) is 0.150. The minimum atomic E-state index is 0.951. The first-order chi connectivity index (χ1) is 28.5. The smallest absolute Gasteiger partial charge is 0.0491 e. The molecule has 0 saturated heterocycles. The Balaban J connectivity index is 1.03. The molecular weight excluding hydrogens is 701 g/mol. The van der Waals surface area contributed by atoms with E-state index in [1.54, 1.807) is 0 Å². The standard InChI is InChI=1S/C56H44N2/c1-5-57-51-17-11-9-13-43(51)47-33-41(27-29-53(47)57)37-19-23-39(24-20-37)55-45-15-7-8-16-46(45)56(50-32-36(4)35(3)31-49(50)55)40-25-21-38(22-26-40)42-28-30-54-48(34-42)44-14-10-12-18-52(44)58(54)6-2/h7-34H,5-6H2,1-4H3. The lowest BCUT2D eigenvalue weighted by atomic mass is 9.84. The number of hydrogen-bond acceptors (Lipinski definition) is 0. The minimum absolute atomic E-state index is 0.951. The Kier molecular flexibility index (Phi) is 7.91. The molecule has 0 aliphatic heterocycles. The molecule has 11 aromatic rings. The molecule has 0 amide bonds. The second-order valence-corrected chi connectivity index (χ2v) is 15.9. The zero-order valence-corrected chi connectivity index (χ0v) is 33.5. The lowest BCUT2D eigenvalue weighted by molar-refractivity contribution is 0.827. The van der Waals surface area contributed by atoms with Crippen LogP contribution in [0.5, 0.6) is 0 Å². The molecule has 2 heterocycles. The summed E-state index contributed by atoms with van der Waals surface area (Å²) < 4.78 is 4.84. The molecule has 0 aliphatic carbocycles. The first kappa shape index (κ1) is 34.4. The normalized spacial score (nSPS) is 11.9. The van der Waals surface area contributed by atoms with Crippen molar-refractivity contribution in [3.63, 3.8) is 0 Å². The van der Waals surface area contributed by atoms with Crippen LogP contribution in [0.2, 0.25) is 0 Å². The Morgan fingerprint density at radius 2 is 0.621 bits per heavy atom. The van der Waals surface area contributed by atoms with Crippen LogP contribution in [-0.4, -0.2) is 9.13 Å². The van der Waals surface area contributed by atoms with Gasteiger partial charge in [-0.15, -0.1) is 0 Å². The van der Waals surface area contributed by atoms with Gasteiger partial charge in [0.05, 0.1) is 0 Å². The Labute approximate surface area is 339 Å². The van der Waals surface area contributed by atoms with E-state index in [0.717, 1.165) is 13.1 Å². The van der Waals surface area contributed by atoms with Crippen molar-refractivity contribution in [1.29, 1.82) is 0 Å². The van der Waals surface area contributed by atoms with E-state index in [9.17, 15) is 0 Å². The van der Waals surface area contributed by atoms with Gasteiger partial charge in [-0.1, -0.05) is 133 Å². The topological polar surface area (TPSA) is 9.86 Å². The van der Waals surface area contributed by atoms with Gasteiger partial charge in [0, 0.05) is 56.7 Å². The van der Waals surface area contributed by atoms with Gasteiger partial charge in [0.2, 0.25) is 0 Å². The number of hydrogen-bond donors (Lipinski definition) is 0. The highest BCUT2D eigenvalue weighted by molar-refractivity contribution is 6.22. The number of rotatable bonds is 6. The summed E-state index contributed by atoms with van der Waals surface area (Å²) >= 11 is 0. The van der Waals surface area contributed by atoms with Gasteiger partial charge in [-0.25, -0.2) is 0 Å². The summed E-state index contributed by atoms with van der Waals surface area (Å²) in [5.41, 5.74) is 17.8. The van der Waals surface area contributed by atoms with Crippen LogP contribution in [0.4, 0.5) is 0 Å². The number of fused-ring (bicyclic) bond motifs is 8. The van der Waals surface area contributed by atoms with Crippen LogP contribution in [0.25, 0.3) is 110 Å². The van der Waals surface area contributed by atoms with Crippen molar-refractivity contribution in [3.05, 3.63) is 181 Å². The van der Waals surface area contributed by atoms with Gasteiger partial charge in [-0.05, 0) is 141 Å². The van der Waals surface area contributed by atoms with E-state index in [4.69, 9.17) is 0 Å². The van der Waals surface area contributed by atoms with E-state index >= 15 is 0 Å². The summed E-state index contributed by atoms with van der Waals surface area (Å²) in [6, 6.07) is 63.8. The fraction of sp³-hybridized carbons (Fsp3) is 0.107. The highest BCUT2D eigenvalue weighted by atomic mass is 15.0. The molecule has 11 rings (SSSR count). The van der Waals surface area contributed by atoms with Crippen molar-refractivity contribution in [3.8, 4) is 44.5 Å². The van der Waals surface area contributed by atoms with E-state index in [-0.39, 0.29) is 0 Å². The number of para-hydroxylation sites is 2. The van der Waals surface area contributed by atoms with Crippen LogP contribution < -0.4 is 0 Å². The Morgan fingerprint density at radius 3 is 1.02 bits per heavy atom. The summed E-state index contributed by atoms with van der Waals surface area (Å²) in [6.07, 6.45) is 0. The third-order valence-corrected chi connectivity index (χ3v) is 12.8. The highest BCUT2D eigenvalue weighted by Gasteiger charge is 2.19. The molecule has 0 atom stereocenters. The molecule has 0 spiro atoms. The zero-order valence-electron chi connectivity index (χ0n) is 33.5. The number of nitrogens with zero attached hydrogens (tertiary/aromatic N) is 2. The van der Waals surface area contributed by atoms with E-state index in [0.29, 0.717) is 0 Å². The predicted octanol–water partition coefficient (Wildman–Crippen LogP) is 15.5. The molecule has 0 unspecified atom stereocenters. The SMILES string of the molecule is CCn1c2ccccc2c2cc(-c3ccc(-c4c5ccccc5c(-c5ccc(-c6ccc7c(c6)c6ccccc6n7CC)cc5)c5cc(C)c(C)cc45)cc3)ccc21. The summed E-state index contributed by atoms with van der Waals surface area (Å²) in [4.78, 5) is 0. The van der Waals surface area contributed by atoms with Gasteiger partial charge in [-0.2, -0.15) is 0 Å². The summed E-state index contributed by atoms with van der Waals surface area (Å²) in [5.74, 6) is 0.